The molecular formula is C18H23ClN2O7S. The molecule has 9 nitrogen and oxygen atoms in total. The highest BCUT2D eigenvalue weighted by Crippen LogP contribution is 2.29. The van der Waals surface area contributed by atoms with E-state index in [1.807, 2.05) is 12.2 Å². The van der Waals surface area contributed by atoms with E-state index in [4.69, 9.17) is 16.3 Å². The van der Waals surface area contributed by atoms with Gasteiger partial charge in [-0.1, -0.05) is 18.5 Å². The lowest BCUT2D eigenvalue weighted by Gasteiger charge is -2.30. The molecule has 1 atom stereocenters. The van der Waals surface area contributed by atoms with Crippen LogP contribution in [0.3, 0.4) is 0 Å². The summed E-state index contributed by atoms with van der Waals surface area (Å²) < 4.78 is 36.6. The topological polar surface area (TPSA) is 119 Å². The van der Waals surface area contributed by atoms with Gasteiger partial charge in [0.05, 0.1) is 17.2 Å². The SMILES string of the molecule is CCOC(=O)NC(=O)COC(=O)c1ccc(Cl)c(S(=O)(=O)N2CCCC(C)C2)c1. The van der Waals surface area contributed by atoms with Gasteiger partial charge >= 0.3 is 12.1 Å². The van der Waals surface area contributed by atoms with Crippen molar-refractivity contribution < 1.29 is 32.3 Å². The van der Waals surface area contributed by atoms with Crippen LogP contribution in [0.4, 0.5) is 4.79 Å². The minimum Gasteiger partial charge on any atom is -0.452 e. The van der Waals surface area contributed by atoms with E-state index in [9.17, 15) is 22.8 Å². The molecule has 0 bridgehead atoms. The lowest BCUT2D eigenvalue weighted by Crippen LogP contribution is -2.39. The molecule has 1 aliphatic heterocycles. The first-order valence-corrected chi connectivity index (χ1v) is 10.9. The first kappa shape index (κ1) is 23.1. The molecule has 1 aliphatic rings. The average Bonchev–Trinajstić information content (AvgIpc) is 2.66. The summed E-state index contributed by atoms with van der Waals surface area (Å²) in [7, 11) is -3.88. The summed E-state index contributed by atoms with van der Waals surface area (Å²) in [6, 6.07) is 3.71. The average molecular weight is 447 g/mol. The number of carbonyl (C=O) groups excluding carboxylic acids is 3. The summed E-state index contributed by atoms with van der Waals surface area (Å²) in [5.74, 6) is -1.58. The maximum absolute atomic E-state index is 13.0. The van der Waals surface area contributed by atoms with Crippen molar-refractivity contribution in [3.05, 3.63) is 28.8 Å². The quantitative estimate of drug-likeness (QED) is 0.665. The van der Waals surface area contributed by atoms with Gasteiger partial charge in [0.15, 0.2) is 6.61 Å². The van der Waals surface area contributed by atoms with Gasteiger partial charge in [0.25, 0.3) is 5.91 Å². The molecule has 2 rings (SSSR count). The Morgan fingerprint density at radius 1 is 1.28 bits per heavy atom. The number of benzene rings is 1. The highest BCUT2D eigenvalue weighted by molar-refractivity contribution is 7.89. The molecule has 0 aromatic heterocycles. The van der Waals surface area contributed by atoms with Crippen LogP contribution in [0.2, 0.25) is 5.02 Å². The van der Waals surface area contributed by atoms with E-state index in [2.05, 4.69) is 4.74 Å². The standard InChI is InChI=1S/C18H23ClN2O7S/c1-3-27-18(24)20-16(22)11-28-17(23)13-6-7-14(19)15(9-13)29(25,26)21-8-4-5-12(2)10-21/h6-7,9,12H,3-5,8,10-11H2,1-2H3,(H,20,22,24). The number of nitrogens with zero attached hydrogens (tertiary/aromatic N) is 1. The van der Waals surface area contributed by atoms with E-state index in [-0.39, 0.29) is 28.0 Å². The summed E-state index contributed by atoms with van der Waals surface area (Å²) in [6.45, 7) is 3.65. The molecule has 1 aromatic rings. The van der Waals surface area contributed by atoms with Crippen LogP contribution in [0.5, 0.6) is 0 Å². The van der Waals surface area contributed by atoms with Crippen molar-refractivity contribution in [3.8, 4) is 0 Å². The molecule has 2 amide bonds. The number of imide groups is 1. The van der Waals surface area contributed by atoms with Crippen LogP contribution in [0.25, 0.3) is 0 Å². The Morgan fingerprint density at radius 3 is 2.66 bits per heavy atom. The normalized spacial score (nSPS) is 17.4. The van der Waals surface area contributed by atoms with Gasteiger partial charge in [-0.05, 0) is 43.9 Å². The van der Waals surface area contributed by atoms with Crippen LogP contribution in [0.15, 0.2) is 23.1 Å². The Kier molecular flexibility index (Phi) is 8.00. The second-order valence-corrected chi connectivity index (χ2v) is 8.91. The largest absolute Gasteiger partial charge is 0.452 e. The number of sulfonamides is 1. The zero-order valence-corrected chi connectivity index (χ0v) is 17.7. The predicted octanol–water partition coefficient (Wildman–Crippen LogP) is 2.19. The van der Waals surface area contributed by atoms with E-state index >= 15 is 0 Å². The maximum atomic E-state index is 13.0. The van der Waals surface area contributed by atoms with Gasteiger partial charge in [0.1, 0.15) is 4.90 Å². The number of nitrogens with one attached hydrogen (secondary N) is 1. The fourth-order valence-electron chi connectivity index (χ4n) is 2.86. The number of ether oxygens (including phenoxy) is 2. The molecule has 160 valence electrons. The smallest absolute Gasteiger partial charge is 0.413 e. The first-order valence-electron chi connectivity index (χ1n) is 9.08. The predicted molar refractivity (Wildman–Crippen MR) is 104 cm³/mol. The third-order valence-electron chi connectivity index (χ3n) is 4.26. The number of alkyl carbamates (subject to hydrolysis) is 1. The molecule has 0 radical (unpaired) electrons. The molecule has 0 saturated carbocycles. The lowest BCUT2D eigenvalue weighted by atomic mass is 10.0. The van der Waals surface area contributed by atoms with Crippen molar-refractivity contribution in [1.29, 1.82) is 0 Å². The van der Waals surface area contributed by atoms with Crippen LogP contribution in [-0.4, -0.2) is 57.0 Å². The second-order valence-electron chi connectivity index (χ2n) is 6.60. The highest BCUT2D eigenvalue weighted by atomic mass is 35.5. The maximum Gasteiger partial charge on any atom is 0.413 e. The van der Waals surface area contributed by atoms with Crippen molar-refractivity contribution >= 4 is 39.6 Å². The number of halogens is 1. The van der Waals surface area contributed by atoms with Crippen molar-refractivity contribution in [2.75, 3.05) is 26.3 Å². The Balaban J connectivity index is 2.10. The van der Waals surface area contributed by atoms with Crippen molar-refractivity contribution in [3.63, 3.8) is 0 Å². The lowest BCUT2D eigenvalue weighted by molar-refractivity contribution is -0.123. The highest BCUT2D eigenvalue weighted by Gasteiger charge is 2.31. The minimum atomic E-state index is -3.88. The number of hydrogen-bond acceptors (Lipinski definition) is 7. The van der Waals surface area contributed by atoms with Crippen molar-refractivity contribution in [1.82, 2.24) is 9.62 Å². The molecule has 0 aliphatic carbocycles. The van der Waals surface area contributed by atoms with E-state index in [0.717, 1.165) is 18.9 Å². The van der Waals surface area contributed by atoms with Crippen LogP contribution in [-0.2, 0) is 24.3 Å². The van der Waals surface area contributed by atoms with Crippen molar-refractivity contribution in [2.24, 2.45) is 5.92 Å². The summed E-state index contributed by atoms with van der Waals surface area (Å²) in [4.78, 5) is 34.7. The minimum absolute atomic E-state index is 0.0140. The number of hydrogen-bond donors (Lipinski definition) is 1. The zero-order chi connectivity index (χ0) is 21.6. The van der Waals surface area contributed by atoms with E-state index < -0.39 is 34.6 Å². The van der Waals surface area contributed by atoms with Gasteiger partial charge in [-0.15, -0.1) is 0 Å². The van der Waals surface area contributed by atoms with E-state index in [0.29, 0.717) is 13.1 Å². The monoisotopic (exact) mass is 446 g/mol. The van der Waals surface area contributed by atoms with Crippen LogP contribution in [0.1, 0.15) is 37.0 Å². The number of piperidine rings is 1. The van der Waals surface area contributed by atoms with Gasteiger partial charge in [-0.3, -0.25) is 10.1 Å². The van der Waals surface area contributed by atoms with Gasteiger partial charge in [0.2, 0.25) is 10.0 Å². The summed E-state index contributed by atoms with van der Waals surface area (Å²) in [6.07, 6.45) is 0.735. The molecule has 1 unspecified atom stereocenters. The van der Waals surface area contributed by atoms with Crippen LogP contribution in [0, 0.1) is 5.92 Å². The van der Waals surface area contributed by atoms with Crippen LogP contribution < -0.4 is 5.32 Å². The number of amides is 2. The fourth-order valence-corrected chi connectivity index (χ4v) is 4.96. The molecule has 11 heteroatoms. The molecule has 1 heterocycles. The Morgan fingerprint density at radius 2 is 2.00 bits per heavy atom. The molecule has 29 heavy (non-hydrogen) atoms. The fraction of sp³-hybridized carbons (Fsp3) is 0.500. The van der Waals surface area contributed by atoms with Gasteiger partial charge in [-0.25, -0.2) is 18.0 Å². The first-order chi connectivity index (χ1) is 13.6. The summed E-state index contributed by atoms with van der Waals surface area (Å²) in [5, 5.41) is 1.86. The molecule has 0 spiro atoms. The van der Waals surface area contributed by atoms with Gasteiger partial charge in [0, 0.05) is 13.1 Å². The number of esters is 1. The third-order valence-corrected chi connectivity index (χ3v) is 6.60. The zero-order valence-electron chi connectivity index (χ0n) is 16.1. The van der Waals surface area contributed by atoms with Gasteiger partial charge < -0.3 is 9.47 Å². The number of carbonyl (C=O) groups is 3. The summed E-state index contributed by atoms with van der Waals surface area (Å²) >= 11 is 6.08. The Bertz CT molecular complexity index is 888. The Labute approximate surface area is 174 Å². The molecule has 1 N–H and O–H groups in total. The van der Waals surface area contributed by atoms with Crippen molar-refractivity contribution in [2.45, 2.75) is 31.6 Å². The summed E-state index contributed by atoms with van der Waals surface area (Å²) in [5.41, 5.74) is -0.0815. The molecule has 1 aromatic carbocycles. The second kappa shape index (κ2) is 10.0. The van der Waals surface area contributed by atoms with Gasteiger partial charge in [-0.2, -0.15) is 4.31 Å². The van der Waals surface area contributed by atoms with Crippen LogP contribution >= 0.6 is 11.6 Å². The van der Waals surface area contributed by atoms with E-state index in [1.54, 1.807) is 6.92 Å². The molecule has 1 saturated heterocycles. The number of rotatable bonds is 6. The Hall–Kier alpha value is -2.17. The molecular weight excluding hydrogens is 424 g/mol. The molecule has 1 fully saturated rings. The van der Waals surface area contributed by atoms with E-state index in [1.165, 1.54) is 16.4 Å². The third kappa shape index (κ3) is 6.15.